The lowest BCUT2D eigenvalue weighted by Gasteiger charge is -2.10. The highest BCUT2D eigenvalue weighted by Gasteiger charge is 2.19. The molecule has 2 aromatic carbocycles. The van der Waals surface area contributed by atoms with E-state index in [9.17, 15) is 13.2 Å². The predicted molar refractivity (Wildman–Crippen MR) is 112 cm³/mol. The fourth-order valence-corrected chi connectivity index (χ4v) is 4.22. The van der Waals surface area contributed by atoms with Crippen LogP contribution in [0.25, 0.3) is 0 Å². The molecule has 30 heavy (non-hydrogen) atoms. The van der Waals surface area contributed by atoms with Crippen LogP contribution in [0.1, 0.15) is 21.9 Å². The third-order valence-electron chi connectivity index (χ3n) is 4.49. The normalized spacial score (nSPS) is 11.1. The Morgan fingerprint density at radius 2 is 1.77 bits per heavy atom. The molecule has 1 N–H and O–H groups in total. The molecule has 1 heterocycles. The molecule has 0 atom stereocenters. The molecule has 7 nitrogen and oxygen atoms in total. The Bertz CT molecular complexity index is 1110. The van der Waals surface area contributed by atoms with Gasteiger partial charge in [0.25, 0.3) is 5.91 Å². The van der Waals surface area contributed by atoms with Gasteiger partial charge in [0.2, 0.25) is 0 Å². The Morgan fingerprint density at radius 1 is 1.00 bits per heavy atom. The van der Waals surface area contributed by atoms with Gasteiger partial charge in [0.1, 0.15) is 23.0 Å². The fraction of sp³-hybridized carbons (Fsp3) is 0.227. The first kappa shape index (κ1) is 21.4. The van der Waals surface area contributed by atoms with Crippen molar-refractivity contribution < 1.29 is 27.1 Å². The van der Waals surface area contributed by atoms with Crippen molar-refractivity contribution in [3.05, 3.63) is 77.7 Å². The summed E-state index contributed by atoms with van der Waals surface area (Å²) in [5.41, 5.74) is 0.895. The van der Waals surface area contributed by atoms with E-state index >= 15 is 0 Å². The van der Waals surface area contributed by atoms with E-state index in [4.69, 9.17) is 13.9 Å². The summed E-state index contributed by atoms with van der Waals surface area (Å²) in [7, 11) is -0.380. The third-order valence-corrected chi connectivity index (χ3v) is 6.14. The molecule has 1 amide bonds. The van der Waals surface area contributed by atoms with Crippen molar-refractivity contribution in [2.24, 2.45) is 0 Å². The van der Waals surface area contributed by atoms with Crippen LogP contribution in [0.15, 0.2) is 70.0 Å². The average molecular weight is 429 g/mol. The summed E-state index contributed by atoms with van der Waals surface area (Å²) in [6, 6.07) is 16.5. The van der Waals surface area contributed by atoms with Gasteiger partial charge in [-0.15, -0.1) is 0 Å². The zero-order chi connectivity index (χ0) is 21.6. The number of hydrogen-bond acceptors (Lipinski definition) is 6. The number of furan rings is 1. The van der Waals surface area contributed by atoms with E-state index in [1.165, 1.54) is 24.3 Å². The van der Waals surface area contributed by atoms with Gasteiger partial charge in [0.05, 0.1) is 19.1 Å². The SMILES string of the molecule is COc1ccc(OC)c(CCNC(=O)c2ccc(CS(=O)(=O)c3ccccc3)o2)c1. The van der Waals surface area contributed by atoms with Crippen LogP contribution in [0, 0.1) is 0 Å². The molecule has 158 valence electrons. The summed E-state index contributed by atoms with van der Waals surface area (Å²) in [4.78, 5) is 12.6. The van der Waals surface area contributed by atoms with Gasteiger partial charge in [-0.05, 0) is 54.4 Å². The number of hydrogen-bond donors (Lipinski definition) is 1. The van der Waals surface area contributed by atoms with Crippen LogP contribution in [-0.4, -0.2) is 35.1 Å². The van der Waals surface area contributed by atoms with Crippen LogP contribution in [0.4, 0.5) is 0 Å². The summed E-state index contributed by atoms with van der Waals surface area (Å²) >= 11 is 0. The van der Waals surface area contributed by atoms with E-state index in [-0.39, 0.29) is 22.2 Å². The molecule has 0 unspecified atom stereocenters. The number of carbonyl (C=O) groups is 1. The summed E-state index contributed by atoms with van der Waals surface area (Å²) < 4.78 is 40.9. The van der Waals surface area contributed by atoms with Crippen molar-refractivity contribution in [1.82, 2.24) is 5.32 Å². The third kappa shape index (κ3) is 5.21. The van der Waals surface area contributed by atoms with E-state index in [1.54, 1.807) is 38.5 Å². The van der Waals surface area contributed by atoms with Crippen LogP contribution in [0.3, 0.4) is 0 Å². The molecule has 0 saturated carbocycles. The standard InChI is InChI=1S/C22H23NO6S/c1-27-17-8-10-20(28-2)16(14-17)12-13-23-22(24)21-11-9-18(29-21)15-30(25,26)19-6-4-3-5-7-19/h3-11,14H,12-13,15H2,1-2H3,(H,23,24). The van der Waals surface area contributed by atoms with Gasteiger partial charge in [0.15, 0.2) is 15.6 Å². The fourth-order valence-electron chi connectivity index (χ4n) is 2.95. The highest BCUT2D eigenvalue weighted by molar-refractivity contribution is 7.90. The van der Waals surface area contributed by atoms with Crippen molar-refractivity contribution in [2.75, 3.05) is 20.8 Å². The minimum atomic E-state index is -3.54. The summed E-state index contributed by atoms with van der Waals surface area (Å²) in [6.07, 6.45) is 0.530. The zero-order valence-electron chi connectivity index (χ0n) is 16.8. The van der Waals surface area contributed by atoms with E-state index in [1.807, 2.05) is 12.1 Å². The predicted octanol–water partition coefficient (Wildman–Crippen LogP) is 3.24. The summed E-state index contributed by atoms with van der Waals surface area (Å²) in [5, 5.41) is 2.77. The molecule has 0 saturated heterocycles. The number of ether oxygens (including phenoxy) is 2. The molecule has 0 aliphatic carbocycles. The number of methoxy groups -OCH3 is 2. The molecular formula is C22H23NO6S. The number of benzene rings is 2. The van der Waals surface area contributed by atoms with E-state index < -0.39 is 15.7 Å². The monoisotopic (exact) mass is 429 g/mol. The topological polar surface area (TPSA) is 94.8 Å². The molecule has 3 aromatic rings. The first-order valence-corrected chi connectivity index (χ1v) is 10.9. The van der Waals surface area contributed by atoms with Crippen LogP contribution < -0.4 is 14.8 Å². The van der Waals surface area contributed by atoms with Gasteiger partial charge in [-0.2, -0.15) is 0 Å². The van der Waals surface area contributed by atoms with Gasteiger partial charge >= 0.3 is 0 Å². The lowest BCUT2D eigenvalue weighted by atomic mass is 10.1. The Hall–Kier alpha value is -3.26. The van der Waals surface area contributed by atoms with Gasteiger partial charge < -0.3 is 19.2 Å². The van der Waals surface area contributed by atoms with Crippen molar-refractivity contribution in [3.63, 3.8) is 0 Å². The molecule has 3 rings (SSSR count). The quantitative estimate of drug-likeness (QED) is 0.561. The van der Waals surface area contributed by atoms with Crippen molar-refractivity contribution in [2.45, 2.75) is 17.1 Å². The molecule has 0 fully saturated rings. The molecule has 1 aromatic heterocycles. The minimum absolute atomic E-state index is 0.0610. The maximum Gasteiger partial charge on any atom is 0.287 e. The number of rotatable bonds is 9. The van der Waals surface area contributed by atoms with E-state index in [2.05, 4.69) is 5.32 Å². The number of amides is 1. The van der Waals surface area contributed by atoms with E-state index in [0.29, 0.717) is 24.5 Å². The van der Waals surface area contributed by atoms with Gasteiger partial charge in [-0.25, -0.2) is 8.42 Å². The first-order valence-electron chi connectivity index (χ1n) is 9.28. The molecule has 0 radical (unpaired) electrons. The molecule has 8 heteroatoms. The number of carbonyl (C=O) groups excluding carboxylic acids is 1. The molecule has 0 bridgehead atoms. The van der Waals surface area contributed by atoms with Crippen molar-refractivity contribution in [1.29, 1.82) is 0 Å². The number of sulfone groups is 1. The summed E-state index contributed by atoms with van der Waals surface area (Å²) in [6.45, 7) is 0.348. The Balaban J connectivity index is 1.59. The van der Waals surface area contributed by atoms with Crippen molar-refractivity contribution >= 4 is 15.7 Å². The second-order valence-corrected chi connectivity index (χ2v) is 8.51. The van der Waals surface area contributed by atoms with Crippen LogP contribution in [0.2, 0.25) is 0 Å². The molecular weight excluding hydrogens is 406 g/mol. The Morgan fingerprint density at radius 3 is 2.47 bits per heavy atom. The van der Waals surface area contributed by atoms with Crippen LogP contribution in [0.5, 0.6) is 11.5 Å². The zero-order valence-corrected chi connectivity index (χ0v) is 17.6. The first-order chi connectivity index (χ1) is 14.4. The Labute approximate surface area is 175 Å². The second kappa shape index (κ2) is 9.49. The van der Waals surface area contributed by atoms with Gasteiger partial charge in [-0.3, -0.25) is 4.79 Å². The minimum Gasteiger partial charge on any atom is -0.497 e. The molecule has 0 spiro atoms. The van der Waals surface area contributed by atoms with Crippen molar-refractivity contribution in [3.8, 4) is 11.5 Å². The maximum atomic E-state index is 12.4. The smallest absolute Gasteiger partial charge is 0.287 e. The highest BCUT2D eigenvalue weighted by Crippen LogP contribution is 2.24. The van der Waals surface area contributed by atoms with Gasteiger partial charge in [-0.1, -0.05) is 18.2 Å². The number of nitrogens with one attached hydrogen (secondary N) is 1. The van der Waals surface area contributed by atoms with E-state index in [0.717, 1.165) is 5.56 Å². The highest BCUT2D eigenvalue weighted by atomic mass is 32.2. The molecule has 0 aliphatic rings. The lowest BCUT2D eigenvalue weighted by Crippen LogP contribution is -2.25. The van der Waals surface area contributed by atoms with Gasteiger partial charge in [0, 0.05) is 6.54 Å². The molecule has 0 aliphatic heterocycles. The van der Waals surface area contributed by atoms with Crippen LogP contribution in [-0.2, 0) is 22.0 Å². The largest absolute Gasteiger partial charge is 0.497 e. The maximum absolute atomic E-state index is 12.4. The van der Waals surface area contributed by atoms with Crippen LogP contribution >= 0.6 is 0 Å². The Kier molecular flexibility index (Phi) is 6.79. The average Bonchev–Trinajstić information content (AvgIpc) is 3.22. The summed E-state index contributed by atoms with van der Waals surface area (Å²) in [5.74, 6) is 0.944. The lowest BCUT2D eigenvalue weighted by molar-refractivity contribution is 0.0925. The second-order valence-electron chi connectivity index (χ2n) is 6.52.